The predicted molar refractivity (Wildman–Crippen MR) is 79.3 cm³/mol. The average molecular weight is 300 g/mol. The van der Waals surface area contributed by atoms with E-state index in [9.17, 15) is 9.59 Å². The molecule has 0 radical (unpaired) electrons. The molecule has 2 aromatic heterocycles. The Balaban J connectivity index is 2.16. The Labute approximate surface area is 125 Å². The molecule has 21 heavy (non-hydrogen) atoms. The number of carbonyl (C=O) groups is 2. The van der Waals surface area contributed by atoms with Crippen molar-refractivity contribution in [3.8, 4) is 11.4 Å². The number of imidazole rings is 1. The van der Waals surface area contributed by atoms with Crippen LogP contribution in [0.4, 0.5) is 0 Å². The Bertz CT molecular complexity index is 853. The minimum absolute atomic E-state index is 0.278. The summed E-state index contributed by atoms with van der Waals surface area (Å²) in [4.78, 5) is 34.7. The summed E-state index contributed by atoms with van der Waals surface area (Å²) in [6.07, 6.45) is 1.46. The number of halogens is 1. The van der Waals surface area contributed by atoms with Crippen molar-refractivity contribution in [2.75, 3.05) is 0 Å². The first kappa shape index (κ1) is 13.5. The summed E-state index contributed by atoms with van der Waals surface area (Å²) >= 11 is 5.85. The summed E-state index contributed by atoms with van der Waals surface area (Å²) in [6, 6.07) is 8.63. The lowest BCUT2D eigenvalue weighted by Crippen LogP contribution is -2.10. The molecule has 0 aliphatic rings. The lowest BCUT2D eigenvalue weighted by atomic mass is 10.1. The van der Waals surface area contributed by atoms with Gasteiger partial charge in [-0.1, -0.05) is 11.6 Å². The molecular formula is C15H10ClN3O2. The average Bonchev–Trinajstić information content (AvgIpc) is 2.90. The lowest BCUT2D eigenvalue weighted by Gasteiger charge is -1.97. The van der Waals surface area contributed by atoms with Gasteiger partial charge in [0.25, 0.3) is 0 Å². The Kier molecular flexibility index (Phi) is 3.27. The van der Waals surface area contributed by atoms with Gasteiger partial charge in [-0.15, -0.1) is 0 Å². The number of carbonyl (C=O) groups excluding carboxylic acids is 2. The quantitative estimate of drug-likeness (QED) is 0.596. The number of rotatable bonds is 3. The zero-order valence-corrected chi connectivity index (χ0v) is 11.8. The number of ketones is 2. The van der Waals surface area contributed by atoms with Crippen molar-refractivity contribution in [3.05, 3.63) is 47.1 Å². The molecule has 0 aliphatic heterocycles. The number of hydrogen-bond acceptors (Lipinski definition) is 4. The molecule has 0 saturated carbocycles. The minimum Gasteiger partial charge on any atom is -0.336 e. The van der Waals surface area contributed by atoms with Crippen LogP contribution in [0, 0.1) is 0 Å². The Morgan fingerprint density at radius 1 is 1.14 bits per heavy atom. The molecule has 6 heteroatoms. The number of H-pyrrole nitrogens is 1. The fraction of sp³-hybridized carbons (Fsp3) is 0.0667. The fourth-order valence-corrected chi connectivity index (χ4v) is 2.16. The van der Waals surface area contributed by atoms with Crippen LogP contribution in [-0.4, -0.2) is 26.5 Å². The number of Topliss-reactive ketones (excluding diaryl/α,β-unsaturated/α-hetero) is 2. The number of pyridine rings is 1. The third-order valence-corrected chi connectivity index (χ3v) is 3.33. The second-order valence-corrected chi connectivity index (χ2v) is 4.97. The molecule has 3 rings (SSSR count). The zero-order valence-electron chi connectivity index (χ0n) is 11.1. The van der Waals surface area contributed by atoms with E-state index >= 15 is 0 Å². The number of nitrogens with zero attached hydrogens (tertiary/aromatic N) is 2. The van der Waals surface area contributed by atoms with Gasteiger partial charge in [0.1, 0.15) is 5.82 Å². The van der Waals surface area contributed by atoms with Crippen molar-refractivity contribution in [2.45, 2.75) is 6.92 Å². The molecule has 0 atom stereocenters. The van der Waals surface area contributed by atoms with Gasteiger partial charge in [-0.05, 0) is 30.3 Å². The van der Waals surface area contributed by atoms with E-state index in [2.05, 4.69) is 15.0 Å². The van der Waals surface area contributed by atoms with E-state index in [-0.39, 0.29) is 5.56 Å². The highest BCUT2D eigenvalue weighted by Gasteiger charge is 2.17. The van der Waals surface area contributed by atoms with Crippen LogP contribution in [0.15, 0.2) is 36.5 Å². The molecule has 2 heterocycles. The van der Waals surface area contributed by atoms with Gasteiger partial charge in [0.2, 0.25) is 5.78 Å². The monoisotopic (exact) mass is 299 g/mol. The van der Waals surface area contributed by atoms with Gasteiger partial charge in [-0.3, -0.25) is 9.59 Å². The van der Waals surface area contributed by atoms with Crippen LogP contribution in [0.25, 0.3) is 22.6 Å². The largest absolute Gasteiger partial charge is 0.336 e. The van der Waals surface area contributed by atoms with Crippen molar-refractivity contribution in [1.82, 2.24) is 15.0 Å². The van der Waals surface area contributed by atoms with Crippen molar-refractivity contribution in [1.29, 1.82) is 0 Å². The van der Waals surface area contributed by atoms with E-state index in [0.29, 0.717) is 22.0 Å². The molecule has 0 bridgehead atoms. The van der Waals surface area contributed by atoms with Crippen molar-refractivity contribution >= 4 is 34.3 Å². The van der Waals surface area contributed by atoms with Crippen LogP contribution in [0.1, 0.15) is 17.3 Å². The van der Waals surface area contributed by atoms with Crippen LogP contribution in [0.5, 0.6) is 0 Å². The first-order valence-electron chi connectivity index (χ1n) is 6.22. The Hall–Kier alpha value is -2.53. The van der Waals surface area contributed by atoms with E-state index in [0.717, 1.165) is 5.56 Å². The van der Waals surface area contributed by atoms with Gasteiger partial charge >= 0.3 is 0 Å². The van der Waals surface area contributed by atoms with Crippen LogP contribution in [0.2, 0.25) is 5.02 Å². The molecule has 5 nitrogen and oxygen atoms in total. The summed E-state index contributed by atoms with van der Waals surface area (Å²) in [5.74, 6) is -0.517. The highest BCUT2D eigenvalue weighted by Crippen LogP contribution is 2.23. The molecule has 0 unspecified atom stereocenters. The standard InChI is InChI=1S/C15H10ClN3O2/c1-8(20)13(21)11-6-7-17-15-12(11)18-14(19-15)9-2-4-10(16)5-3-9/h2-7H,1H3,(H,17,18,19). The maximum Gasteiger partial charge on any atom is 0.230 e. The summed E-state index contributed by atoms with van der Waals surface area (Å²) < 4.78 is 0. The molecule has 0 aliphatic carbocycles. The van der Waals surface area contributed by atoms with Gasteiger partial charge in [0, 0.05) is 23.7 Å². The van der Waals surface area contributed by atoms with Crippen LogP contribution >= 0.6 is 11.6 Å². The highest BCUT2D eigenvalue weighted by molar-refractivity contribution is 6.44. The molecule has 3 aromatic rings. The molecule has 0 amide bonds. The minimum atomic E-state index is -0.561. The van der Waals surface area contributed by atoms with E-state index in [1.54, 1.807) is 12.1 Å². The predicted octanol–water partition coefficient (Wildman–Crippen LogP) is 3.05. The molecule has 104 valence electrons. The van der Waals surface area contributed by atoms with E-state index < -0.39 is 11.6 Å². The third kappa shape index (κ3) is 2.43. The van der Waals surface area contributed by atoms with Crippen LogP contribution < -0.4 is 0 Å². The van der Waals surface area contributed by atoms with E-state index in [1.807, 2.05) is 12.1 Å². The smallest absolute Gasteiger partial charge is 0.230 e. The fourth-order valence-electron chi connectivity index (χ4n) is 2.03. The summed E-state index contributed by atoms with van der Waals surface area (Å²) in [5.41, 5.74) is 1.95. The number of aromatic nitrogens is 3. The van der Waals surface area contributed by atoms with Gasteiger partial charge in [0.05, 0.1) is 11.1 Å². The lowest BCUT2D eigenvalue weighted by molar-refractivity contribution is -0.113. The first-order valence-corrected chi connectivity index (χ1v) is 6.60. The van der Waals surface area contributed by atoms with Crippen LogP contribution in [0.3, 0.4) is 0 Å². The number of hydrogen-bond donors (Lipinski definition) is 1. The maximum absolute atomic E-state index is 11.9. The molecule has 0 saturated heterocycles. The maximum atomic E-state index is 11.9. The number of aromatic amines is 1. The molecule has 1 aromatic carbocycles. The van der Waals surface area contributed by atoms with E-state index in [4.69, 9.17) is 11.6 Å². The van der Waals surface area contributed by atoms with Gasteiger partial charge in [-0.2, -0.15) is 0 Å². The second kappa shape index (κ2) is 5.10. The van der Waals surface area contributed by atoms with Gasteiger partial charge in [0.15, 0.2) is 11.4 Å². The Morgan fingerprint density at radius 2 is 1.86 bits per heavy atom. The number of fused-ring (bicyclic) bond motifs is 1. The van der Waals surface area contributed by atoms with Crippen molar-refractivity contribution < 1.29 is 9.59 Å². The molecular weight excluding hydrogens is 290 g/mol. The topological polar surface area (TPSA) is 75.7 Å². The van der Waals surface area contributed by atoms with Crippen molar-refractivity contribution in [3.63, 3.8) is 0 Å². The number of nitrogens with one attached hydrogen (secondary N) is 1. The highest BCUT2D eigenvalue weighted by atomic mass is 35.5. The Morgan fingerprint density at radius 3 is 2.52 bits per heavy atom. The normalized spacial score (nSPS) is 10.8. The molecule has 0 spiro atoms. The first-order chi connectivity index (χ1) is 10.1. The summed E-state index contributed by atoms with van der Waals surface area (Å²) in [7, 11) is 0. The second-order valence-electron chi connectivity index (χ2n) is 4.53. The molecule has 0 fully saturated rings. The van der Waals surface area contributed by atoms with Gasteiger partial charge in [-0.25, -0.2) is 9.97 Å². The van der Waals surface area contributed by atoms with E-state index in [1.165, 1.54) is 19.2 Å². The zero-order chi connectivity index (χ0) is 15.0. The SMILES string of the molecule is CC(=O)C(=O)c1ccnc2nc(-c3ccc(Cl)cc3)[nH]c12. The van der Waals surface area contributed by atoms with Gasteiger partial charge < -0.3 is 4.98 Å². The number of benzene rings is 1. The molecule has 1 N–H and O–H groups in total. The summed E-state index contributed by atoms with van der Waals surface area (Å²) in [5, 5.41) is 0.625. The van der Waals surface area contributed by atoms with Crippen LogP contribution in [-0.2, 0) is 4.79 Å². The third-order valence-electron chi connectivity index (χ3n) is 3.07. The summed E-state index contributed by atoms with van der Waals surface area (Å²) in [6.45, 7) is 1.24. The van der Waals surface area contributed by atoms with Crippen molar-refractivity contribution in [2.24, 2.45) is 0 Å².